The van der Waals surface area contributed by atoms with Crippen LogP contribution in [-0.4, -0.2) is 3.96 Å². The first-order valence-corrected chi connectivity index (χ1v) is 6.75. The monoisotopic (exact) mass is 267 g/mol. The number of aryl methyl sites for hydroxylation is 1. The first kappa shape index (κ1) is 13.1. The van der Waals surface area contributed by atoms with E-state index >= 15 is 0 Å². The number of hydrogen-bond acceptors (Lipinski definition) is 2. The summed E-state index contributed by atoms with van der Waals surface area (Å²) < 4.78 is 2.03. The van der Waals surface area contributed by atoms with Gasteiger partial charge in [-0.1, -0.05) is 55.8 Å². The molecule has 2 nitrogen and oxygen atoms in total. The lowest BCUT2D eigenvalue weighted by atomic mass is 10.2. The summed E-state index contributed by atoms with van der Waals surface area (Å²) in [5.41, 5.74) is -0.151. The van der Waals surface area contributed by atoms with Crippen LogP contribution in [0.5, 0.6) is 0 Å². The number of rotatable bonds is 6. The number of unbranched alkanes of at least 4 members (excludes halogenated alkanes) is 4. The van der Waals surface area contributed by atoms with E-state index in [2.05, 4.69) is 6.92 Å². The van der Waals surface area contributed by atoms with Crippen LogP contribution in [0.15, 0.2) is 4.79 Å². The molecule has 0 unspecified atom stereocenters. The van der Waals surface area contributed by atoms with Gasteiger partial charge in [0.25, 0.3) is 5.56 Å². The Morgan fingerprint density at radius 1 is 1.20 bits per heavy atom. The molecule has 15 heavy (non-hydrogen) atoms. The Morgan fingerprint density at radius 3 is 2.40 bits per heavy atom. The molecule has 0 aliphatic carbocycles. The number of halogens is 2. The third-order valence-corrected chi connectivity index (χ3v) is 4.13. The molecule has 0 aliphatic heterocycles. The van der Waals surface area contributed by atoms with Crippen LogP contribution in [0.2, 0.25) is 9.36 Å². The number of nitrogens with zero attached hydrogens (tertiary/aromatic N) is 1. The van der Waals surface area contributed by atoms with E-state index in [1.165, 1.54) is 30.8 Å². The van der Waals surface area contributed by atoms with Gasteiger partial charge >= 0.3 is 0 Å². The minimum absolute atomic E-state index is 0.151. The van der Waals surface area contributed by atoms with E-state index in [-0.39, 0.29) is 10.6 Å². The van der Waals surface area contributed by atoms with Gasteiger partial charge in [-0.15, -0.1) is 0 Å². The van der Waals surface area contributed by atoms with Gasteiger partial charge in [0.1, 0.15) is 9.36 Å². The van der Waals surface area contributed by atoms with Gasteiger partial charge < -0.3 is 0 Å². The summed E-state index contributed by atoms with van der Waals surface area (Å²) in [5, 5.41) is 0.162. The fraction of sp³-hybridized carbons (Fsp3) is 0.700. The molecule has 0 spiro atoms. The van der Waals surface area contributed by atoms with E-state index in [1.54, 1.807) is 3.96 Å². The second-order valence-electron chi connectivity index (χ2n) is 3.50. The number of aromatic nitrogens is 1. The standard InChI is InChI=1S/C10H15Cl2NOS/c1-2-3-4-5-6-7-13-10(14)8(11)9(12)15-13/h2-7H2,1H3. The first-order chi connectivity index (χ1) is 7.16. The normalized spacial score (nSPS) is 10.9. The molecule has 86 valence electrons. The van der Waals surface area contributed by atoms with Gasteiger partial charge in [-0.2, -0.15) is 0 Å². The van der Waals surface area contributed by atoms with E-state index < -0.39 is 0 Å². The van der Waals surface area contributed by atoms with E-state index in [0.717, 1.165) is 19.4 Å². The maximum absolute atomic E-state index is 11.5. The lowest BCUT2D eigenvalue weighted by Gasteiger charge is -2.00. The summed E-state index contributed by atoms with van der Waals surface area (Å²) in [6, 6.07) is 0. The lowest BCUT2D eigenvalue weighted by molar-refractivity contribution is 0.581. The Labute approximate surface area is 104 Å². The van der Waals surface area contributed by atoms with Gasteiger partial charge in [-0.3, -0.25) is 8.75 Å². The van der Waals surface area contributed by atoms with Crippen molar-refractivity contribution >= 4 is 34.7 Å². The highest BCUT2D eigenvalue weighted by molar-refractivity contribution is 7.11. The summed E-state index contributed by atoms with van der Waals surface area (Å²) in [7, 11) is 0. The van der Waals surface area contributed by atoms with E-state index in [0.29, 0.717) is 4.34 Å². The van der Waals surface area contributed by atoms with Crippen LogP contribution in [0, 0.1) is 0 Å². The Morgan fingerprint density at radius 2 is 1.87 bits per heavy atom. The van der Waals surface area contributed by atoms with Gasteiger partial charge in [-0.25, -0.2) is 0 Å². The van der Waals surface area contributed by atoms with Crippen molar-refractivity contribution in [1.82, 2.24) is 3.96 Å². The minimum atomic E-state index is -0.151. The molecule has 0 aromatic carbocycles. The van der Waals surface area contributed by atoms with Crippen molar-refractivity contribution in [3.63, 3.8) is 0 Å². The maximum Gasteiger partial charge on any atom is 0.280 e. The summed E-state index contributed by atoms with van der Waals surface area (Å²) in [6.07, 6.45) is 5.91. The van der Waals surface area contributed by atoms with Crippen LogP contribution in [-0.2, 0) is 6.54 Å². The third kappa shape index (κ3) is 3.82. The second-order valence-corrected chi connectivity index (χ2v) is 5.51. The lowest BCUT2D eigenvalue weighted by Crippen LogP contribution is -2.13. The predicted octanol–water partition coefficient (Wildman–Crippen LogP) is 4.19. The second kappa shape index (κ2) is 6.56. The van der Waals surface area contributed by atoms with Gasteiger partial charge in [0, 0.05) is 6.54 Å². The summed E-state index contributed by atoms with van der Waals surface area (Å²) in [6.45, 7) is 2.92. The van der Waals surface area contributed by atoms with Gasteiger partial charge in [-0.05, 0) is 18.0 Å². The van der Waals surface area contributed by atoms with E-state index in [9.17, 15) is 4.79 Å². The molecule has 0 amide bonds. The van der Waals surface area contributed by atoms with Crippen molar-refractivity contribution in [2.24, 2.45) is 0 Å². The summed E-state index contributed by atoms with van der Waals surface area (Å²) in [5.74, 6) is 0. The smallest absolute Gasteiger partial charge is 0.267 e. The van der Waals surface area contributed by atoms with Crippen LogP contribution in [0.25, 0.3) is 0 Å². The third-order valence-electron chi connectivity index (χ3n) is 2.24. The molecule has 1 aromatic rings. The molecular formula is C10H15Cl2NOS. The number of hydrogen-bond donors (Lipinski definition) is 0. The zero-order chi connectivity index (χ0) is 11.3. The summed E-state index contributed by atoms with van der Waals surface area (Å²) in [4.78, 5) is 11.5. The fourth-order valence-electron chi connectivity index (χ4n) is 1.38. The van der Waals surface area contributed by atoms with Crippen LogP contribution in [0.4, 0.5) is 0 Å². The molecule has 1 aromatic heterocycles. The van der Waals surface area contributed by atoms with Crippen LogP contribution in [0.3, 0.4) is 0 Å². The van der Waals surface area contributed by atoms with Crippen molar-refractivity contribution in [3.8, 4) is 0 Å². The Kier molecular flexibility index (Phi) is 5.72. The molecule has 0 saturated carbocycles. The Balaban J connectivity index is 2.38. The first-order valence-electron chi connectivity index (χ1n) is 5.22. The summed E-state index contributed by atoms with van der Waals surface area (Å²) >= 11 is 12.7. The molecule has 1 heterocycles. The highest BCUT2D eigenvalue weighted by Crippen LogP contribution is 2.23. The SMILES string of the molecule is CCCCCCCn1sc(Cl)c(Cl)c1=O. The zero-order valence-electron chi connectivity index (χ0n) is 8.76. The van der Waals surface area contributed by atoms with Crippen molar-refractivity contribution < 1.29 is 0 Å². The van der Waals surface area contributed by atoms with Crippen molar-refractivity contribution in [2.45, 2.75) is 45.6 Å². The Bertz CT molecular complexity index is 359. The molecule has 0 aliphatic rings. The molecule has 0 radical (unpaired) electrons. The molecule has 1 rings (SSSR count). The Hall–Kier alpha value is 0.01000. The van der Waals surface area contributed by atoms with Crippen molar-refractivity contribution in [3.05, 3.63) is 19.7 Å². The largest absolute Gasteiger partial charge is 0.280 e. The molecule has 5 heteroatoms. The molecule has 0 fully saturated rings. The minimum Gasteiger partial charge on any atom is -0.267 e. The molecule has 0 bridgehead atoms. The molecule has 0 atom stereocenters. The van der Waals surface area contributed by atoms with Gasteiger partial charge in [0.15, 0.2) is 0 Å². The van der Waals surface area contributed by atoms with Crippen LogP contribution >= 0.6 is 34.7 Å². The van der Waals surface area contributed by atoms with Gasteiger partial charge in [0.05, 0.1) is 0 Å². The molecule has 0 saturated heterocycles. The highest BCUT2D eigenvalue weighted by atomic mass is 35.5. The van der Waals surface area contributed by atoms with Gasteiger partial charge in [0.2, 0.25) is 0 Å². The fourth-order valence-corrected chi connectivity index (χ4v) is 2.72. The maximum atomic E-state index is 11.5. The quantitative estimate of drug-likeness (QED) is 0.709. The average Bonchev–Trinajstić information content (AvgIpc) is 2.46. The average molecular weight is 268 g/mol. The molecule has 0 N–H and O–H groups in total. The predicted molar refractivity (Wildman–Crippen MR) is 67.4 cm³/mol. The molecular weight excluding hydrogens is 253 g/mol. The van der Waals surface area contributed by atoms with Crippen molar-refractivity contribution in [1.29, 1.82) is 0 Å². The topological polar surface area (TPSA) is 22.0 Å². The van der Waals surface area contributed by atoms with Crippen molar-refractivity contribution in [2.75, 3.05) is 0 Å². The van der Waals surface area contributed by atoms with E-state index in [4.69, 9.17) is 23.2 Å². The zero-order valence-corrected chi connectivity index (χ0v) is 11.1. The van der Waals surface area contributed by atoms with Crippen LogP contribution < -0.4 is 5.56 Å². The highest BCUT2D eigenvalue weighted by Gasteiger charge is 2.10. The van der Waals surface area contributed by atoms with E-state index in [1.807, 2.05) is 0 Å². The van der Waals surface area contributed by atoms with Crippen LogP contribution in [0.1, 0.15) is 39.0 Å².